The fourth-order valence-electron chi connectivity index (χ4n) is 1.49. The van der Waals surface area contributed by atoms with Crippen LogP contribution < -0.4 is 0 Å². The molecule has 92 valence electrons. The number of esters is 1. The lowest BCUT2D eigenvalue weighted by atomic mass is 10.2. The summed E-state index contributed by atoms with van der Waals surface area (Å²) in [4.78, 5) is 11.9. The monoisotopic (exact) mass is 372 g/mol. The molecule has 0 amide bonds. The minimum absolute atomic E-state index is 0.251. The highest BCUT2D eigenvalue weighted by molar-refractivity contribution is 14.1. The summed E-state index contributed by atoms with van der Waals surface area (Å²) in [5, 5.41) is 0.417. The van der Waals surface area contributed by atoms with Gasteiger partial charge >= 0.3 is 5.97 Å². The van der Waals surface area contributed by atoms with Crippen LogP contribution in [0.25, 0.3) is 0 Å². The van der Waals surface area contributed by atoms with Crippen LogP contribution in [0.1, 0.15) is 15.9 Å². The minimum Gasteiger partial charge on any atom is -0.457 e. The molecule has 2 rings (SSSR count). The first-order valence-corrected chi connectivity index (χ1v) is 6.79. The Balaban J connectivity index is 2.09. The molecule has 0 bridgehead atoms. The summed E-state index contributed by atoms with van der Waals surface area (Å²) in [5.41, 5.74) is 1.38. The molecular formula is C14H10ClIO2. The minimum atomic E-state index is -0.395. The average Bonchev–Trinajstić information content (AvgIpc) is 2.37. The quantitative estimate of drug-likeness (QED) is 0.593. The van der Waals surface area contributed by atoms with Crippen LogP contribution in [0.5, 0.6) is 0 Å². The number of hydrogen-bond acceptors (Lipinski definition) is 2. The molecule has 0 aliphatic heterocycles. The number of carbonyl (C=O) groups is 1. The summed E-state index contributed by atoms with van der Waals surface area (Å²) >= 11 is 8.07. The summed E-state index contributed by atoms with van der Waals surface area (Å²) < 4.78 is 6.04. The Morgan fingerprint density at radius 2 is 1.83 bits per heavy atom. The second-order valence-corrected chi connectivity index (χ2v) is 5.23. The highest BCUT2D eigenvalue weighted by atomic mass is 127. The molecule has 0 aromatic heterocycles. The number of ether oxygens (including phenoxy) is 1. The first kappa shape index (κ1) is 13.4. The Morgan fingerprint density at radius 1 is 1.11 bits per heavy atom. The molecule has 0 unspecified atom stereocenters. The number of benzene rings is 2. The number of carbonyl (C=O) groups excluding carboxylic acids is 1. The lowest BCUT2D eigenvalue weighted by Gasteiger charge is -2.07. The van der Waals surface area contributed by atoms with E-state index in [1.54, 1.807) is 12.1 Å². The van der Waals surface area contributed by atoms with Gasteiger partial charge in [-0.25, -0.2) is 4.79 Å². The molecule has 2 nitrogen and oxygen atoms in total. The van der Waals surface area contributed by atoms with Gasteiger partial charge in [-0.3, -0.25) is 0 Å². The third kappa shape index (κ3) is 3.23. The van der Waals surface area contributed by atoms with E-state index >= 15 is 0 Å². The van der Waals surface area contributed by atoms with Crippen molar-refractivity contribution in [2.45, 2.75) is 6.61 Å². The first-order chi connectivity index (χ1) is 8.68. The smallest absolute Gasteiger partial charge is 0.341 e. The van der Waals surface area contributed by atoms with Crippen molar-refractivity contribution in [3.63, 3.8) is 0 Å². The summed E-state index contributed by atoms with van der Waals surface area (Å²) in [6.07, 6.45) is 0. The van der Waals surface area contributed by atoms with E-state index in [0.29, 0.717) is 10.6 Å². The highest BCUT2D eigenvalue weighted by Gasteiger charge is 2.15. The van der Waals surface area contributed by atoms with E-state index in [1.165, 1.54) is 0 Å². The molecule has 0 saturated heterocycles. The summed E-state index contributed by atoms with van der Waals surface area (Å²) in [6.45, 7) is 0.251. The maximum Gasteiger partial charge on any atom is 0.341 e. The van der Waals surface area contributed by atoms with Crippen molar-refractivity contribution in [2.24, 2.45) is 0 Å². The topological polar surface area (TPSA) is 26.3 Å². The predicted octanol–water partition coefficient (Wildman–Crippen LogP) is 4.30. The third-order valence-corrected chi connectivity index (χ3v) is 3.59. The molecule has 0 fully saturated rings. The SMILES string of the molecule is O=C(OCc1ccccc1)c1c(Cl)cccc1I. The van der Waals surface area contributed by atoms with Gasteiger partial charge in [0, 0.05) is 3.57 Å². The first-order valence-electron chi connectivity index (χ1n) is 5.33. The van der Waals surface area contributed by atoms with Crippen LogP contribution in [0.2, 0.25) is 5.02 Å². The van der Waals surface area contributed by atoms with E-state index in [0.717, 1.165) is 9.13 Å². The molecule has 0 aliphatic carbocycles. The van der Waals surface area contributed by atoms with Gasteiger partial charge in [-0.05, 0) is 40.3 Å². The molecule has 0 N–H and O–H groups in total. The van der Waals surface area contributed by atoms with Gasteiger partial charge in [-0.15, -0.1) is 0 Å². The van der Waals surface area contributed by atoms with Gasteiger partial charge in [0.25, 0.3) is 0 Å². The third-order valence-electron chi connectivity index (χ3n) is 2.38. The zero-order chi connectivity index (χ0) is 13.0. The second kappa shape index (κ2) is 6.20. The number of hydrogen-bond donors (Lipinski definition) is 0. The fourth-order valence-corrected chi connectivity index (χ4v) is 2.62. The Labute approximate surface area is 124 Å². The van der Waals surface area contributed by atoms with E-state index in [9.17, 15) is 4.79 Å². The molecule has 0 atom stereocenters. The Morgan fingerprint density at radius 3 is 2.50 bits per heavy atom. The summed E-state index contributed by atoms with van der Waals surface area (Å²) in [6, 6.07) is 14.9. The lowest BCUT2D eigenvalue weighted by molar-refractivity contribution is 0.0471. The van der Waals surface area contributed by atoms with Crippen molar-refractivity contribution >= 4 is 40.2 Å². The molecule has 2 aromatic rings. The lowest BCUT2D eigenvalue weighted by Crippen LogP contribution is -2.07. The van der Waals surface area contributed by atoms with Crippen LogP contribution in [0.15, 0.2) is 48.5 Å². The molecule has 0 aliphatic rings. The van der Waals surface area contributed by atoms with Crippen molar-refractivity contribution in [3.05, 3.63) is 68.3 Å². The van der Waals surface area contributed by atoms with Gasteiger partial charge in [0.2, 0.25) is 0 Å². The maximum absolute atomic E-state index is 11.9. The van der Waals surface area contributed by atoms with Crippen molar-refractivity contribution in [1.82, 2.24) is 0 Å². The average molecular weight is 373 g/mol. The van der Waals surface area contributed by atoms with E-state index in [2.05, 4.69) is 22.6 Å². The largest absolute Gasteiger partial charge is 0.457 e. The predicted molar refractivity (Wildman–Crippen MR) is 79.7 cm³/mol. The highest BCUT2D eigenvalue weighted by Crippen LogP contribution is 2.22. The zero-order valence-corrected chi connectivity index (χ0v) is 12.3. The van der Waals surface area contributed by atoms with Crippen LogP contribution in [0.3, 0.4) is 0 Å². The summed E-state index contributed by atoms with van der Waals surface area (Å²) in [5.74, 6) is -0.395. The fraction of sp³-hybridized carbons (Fsp3) is 0.0714. The molecule has 0 saturated carbocycles. The van der Waals surface area contributed by atoms with Crippen LogP contribution in [0, 0.1) is 3.57 Å². The standard InChI is InChI=1S/C14H10ClIO2/c15-11-7-4-8-12(16)13(11)14(17)18-9-10-5-2-1-3-6-10/h1-8H,9H2. The van der Waals surface area contributed by atoms with Crippen LogP contribution in [0.4, 0.5) is 0 Å². The van der Waals surface area contributed by atoms with Crippen molar-refractivity contribution in [3.8, 4) is 0 Å². The van der Waals surface area contributed by atoms with Gasteiger partial charge in [-0.2, -0.15) is 0 Å². The van der Waals surface area contributed by atoms with E-state index in [-0.39, 0.29) is 6.61 Å². The van der Waals surface area contributed by atoms with Crippen molar-refractivity contribution in [2.75, 3.05) is 0 Å². The van der Waals surface area contributed by atoms with Gasteiger partial charge < -0.3 is 4.74 Å². The Kier molecular flexibility index (Phi) is 4.60. The van der Waals surface area contributed by atoms with Gasteiger partial charge in [0.05, 0.1) is 10.6 Å². The van der Waals surface area contributed by atoms with Crippen LogP contribution in [-0.2, 0) is 11.3 Å². The molecular weight excluding hydrogens is 363 g/mol. The van der Waals surface area contributed by atoms with Crippen LogP contribution in [-0.4, -0.2) is 5.97 Å². The van der Waals surface area contributed by atoms with E-state index in [4.69, 9.17) is 16.3 Å². The van der Waals surface area contributed by atoms with Crippen LogP contribution >= 0.6 is 34.2 Å². The normalized spacial score (nSPS) is 10.1. The Hall–Kier alpha value is -1.07. The second-order valence-electron chi connectivity index (χ2n) is 3.66. The number of rotatable bonds is 3. The van der Waals surface area contributed by atoms with Gasteiger partial charge in [-0.1, -0.05) is 48.0 Å². The van der Waals surface area contributed by atoms with E-state index < -0.39 is 5.97 Å². The van der Waals surface area contributed by atoms with E-state index in [1.807, 2.05) is 36.4 Å². The Bertz CT molecular complexity index is 535. The number of halogens is 2. The van der Waals surface area contributed by atoms with Gasteiger partial charge in [0.15, 0.2) is 0 Å². The van der Waals surface area contributed by atoms with Crippen molar-refractivity contribution < 1.29 is 9.53 Å². The summed E-state index contributed by atoms with van der Waals surface area (Å²) in [7, 11) is 0. The molecule has 0 radical (unpaired) electrons. The molecule has 2 aromatic carbocycles. The molecule has 0 heterocycles. The zero-order valence-electron chi connectivity index (χ0n) is 9.40. The maximum atomic E-state index is 11.9. The molecule has 18 heavy (non-hydrogen) atoms. The molecule has 4 heteroatoms. The van der Waals surface area contributed by atoms with Gasteiger partial charge in [0.1, 0.15) is 6.61 Å². The molecule has 0 spiro atoms. The van der Waals surface area contributed by atoms with Crippen molar-refractivity contribution in [1.29, 1.82) is 0 Å².